The Bertz CT molecular complexity index is 1930. The molecule has 6 aromatic rings. The minimum absolute atomic E-state index is 0. The molecule has 0 bridgehead atoms. The summed E-state index contributed by atoms with van der Waals surface area (Å²) in [5.74, 6) is -2.87. The van der Waals surface area contributed by atoms with E-state index < -0.39 is 35.7 Å². The fraction of sp³-hybridized carbons (Fsp3) is 0.214. The first-order chi connectivity index (χ1) is 24.4. The van der Waals surface area contributed by atoms with Crippen LogP contribution in [0, 0.1) is 0 Å². The monoisotopic (exact) mass is 714 g/mol. The van der Waals surface area contributed by atoms with Gasteiger partial charge in [0.05, 0.1) is 21.3 Å². The van der Waals surface area contributed by atoms with E-state index in [0.717, 1.165) is 66.3 Å². The molecule has 6 rings (SSSR count). The van der Waals surface area contributed by atoms with Crippen LogP contribution in [-0.2, 0) is 14.4 Å². The van der Waals surface area contributed by atoms with Gasteiger partial charge in [-0.25, -0.2) is 0 Å². The van der Waals surface area contributed by atoms with Crippen molar-refractivity contribution in [3.8, 4) is 17.2 Å². The molecule has 6 aromatic carbocycles. The molecule has 10 heteroatoms. The van der Waals surface area contributed by atoms with Crippen LogP contribution in [0.4, 0.5) is 0 Å². The van der Waals surface area contributed by atoms with Gasteiger partial charge in [0.15, 0.2) is 0 Å². The van der Waals surface area contributed by atoms with E-state index in [0.29, 0.717) is 0 Å². The van der Waals surface area contributed by atoms with E-state index in [4.69, 9.17) is 14.2 Å². The third-order valence-corrected chi connectivity index (χ3v) is 8.87. The van der Waals surface area contributed by atoms with Crippen molar-refractivity contribution in [2.45, 2.75) is 38.5 Å². The van der Waals surface area contributed by atoms with Gasteiger partial charge in [0, 0.05) is 51.8 Å². The number of methoxy groups -OCH3 is 3. The van der Waals surface area contributed by atoms with Crippen molar-refractivity contribution in [2.75, 3.05) is 21.3 Å². The van der Waals surface area contributed by atoms with E-state index in [1.54, 1.807) is 78.5 Å². The Morgan fingerprint density at radius 2 is 0.615 bits per heavy atom. The first kappa shape index (κ1) is 40.9. The number of aliphatic carboxylic acids is 3. The van der Waals surface area contributed by atoms with Crippen LogP contribution in [0.5, 0.6) is 17.2 Å². The van der Waals surface area contributed by atoms with Gasteiger partial charge in [0.25, 0.3) is 0 Å². The Balaban J connectivity index is 0.000000208. The smallest absolute Gasteiger partial charge is 0.550 e. The Hall–Kier alpha value is -5.56. The van der Waals surface area contributed by atoms with Gasteiger partial charge in [-0.15, -0.1) is 0 Å². The van der Waals surface area contributed by atoms with Crippen LogP contribution in [0.25, 0.3) is 32.3 Å². The molecule has 0 aromatic heterocycles. The number of carbonyl (C=O) groups excluding carboxylic acids is 3. The molecule has 0 saturated carbocycles. The summed E-state index contributed by atoms with van der Waals surface area (Å²) >= 11 is 0. The summed E-state index contributed by atoms with van der Waals surface area (Å²) in [6.07, 6.45) is 0. The molecule has 52 heavy (non-hydrogen) atoms. The van der Waals surface area contributed by atoms with E-state index in [1.807, 2.05) is 72.8 Å². The first-order valence-electron chi connectivity index (χ1n) is 16.2. The molecule has 3 atom stereocenters. The zero-order valence-corrected chi connectivity index (χ0v) is 31.0. The van der Waals surface area contributed by atoms with Crippen molar-refractivity contribution in [3.63, 3.8) is 0 Å². The molecule has 0 heterocycles. The first-order valence-corrected chi connectivity index (χ1v) is 16.2. The third kappa shape index (κ3) is 9.02. The maximum atomic E-state index is 11.0. The van der Waals surface area contributed by atoms with Gasteiger partial charge >= 0.3 is 17.4 Å². The van der Waals surface area contributed by atoms with Gasteiger partial charge in [-0.2, -0.15) is 0 Å². The van der Waals surface area contributed by atoms with Gasteiger partial charge in [-0.05, 0) is 51.0 Å². The summed E-state index contributed by atoms with van der Waals surface area (Å²) in [6, 6.07) is 33.5. The van der Waals surface area contributed by atoms with Crippen molar-refractivity contribution >= 4 is 67.6 Å². The topological polar surface area (TPSA) is 148 Å². The number of benzene rings is 6. The Labute approximate surface area is 313 Å². The molecule has 0 aliphatic carbocycles. The molecule has 0 N–H and O–H groups in total. The molecule has 0 aliphatic heterocycles. The molecular formula is C42H39AlO9. The number of hydrogen-bond acceptors (Lipinski definition) is 9. The zero-order valence-electron chi connectivity index (χ0n) is 29.9. The average molecular weight is 715 g/mol. The fourth-order valence-corrected chi connectivity index (χ4v) is 5.93. The molecule has 3 unspecified atom stereocenters. The summed E-state index contributed by atoms with van der Waals surface area (Å²) in [5.41, 5.74) is 2.25. The van der Waals surface area contributed by atoms with E-state index in [1.165, 1.54) is 0 Å². The fourth-order valence-electron chi connectivity index (χ4n) is 5.93. The molecule has 0 saturated heterocycles. The standard InChI is InChI=1S/3C14H14O3.Al/c3*1-9(14(15)16)10-7-8-13(17-2)12-6-4-3-5-11(10)12;/h3*3-9H,1-2H3,(H,15,16);/q;;;+3/p-3. The number of hydrogen-bond donors (Lipinski definition) is 0. The number of ether oxygens (including phenoxy) is 3. The van der Waals surface area contributed by atoms with Gasteiger partial charge in [0.1, 0.15) is 17.2 Å². The molecule has 0 fully saturated rings. The summed E-state index contributed by atoms with van der Waals surface area (Å²) in [6.45, 7) is 4.89. The molecule has 264 valence electrons. The Morgan fingerprint density at radius 3 is 0.808 bits per heavy atom. The van der Waals surface area contributed by atoms with Crippen molar-refractivity contribution in [3.05, 3.63) is 126 Å². The second-order valence-corrected chi connectivity index (χ2v) is 11.8. The zero-order chi connectivity index (χ0) is 37.2. The molecule has 0 radical (unpaired) electrons. The van der Waals surface area contributed by atoms with Crippen LogP contribution in [0.1, 0.15) is 55.2 Å². The quantitative estimate of drug-likeness (QED) is 0.194. The minimum atomic E-state index is -1.07. The SMILES string of the molecule is COc1ccc(C(C)C(=O)[O-])c2ccccc12.COc1ccc(C(C)C(=O)[O-])c2ccccc12.COc1ccc(C(C)C(=O)[O-])c2ccccc12.[Al+3]. The van der Waals surface area contributed by atoms with E-state index in [2.05, 4.69) is 0 Å². The second kappa shape index (κ2) is 18.6. The predicted octanol–water partition coefficient (Wildman–Crippen LogP) is 4.72. The van der Waals surface area contributed by atoms with Crippen LogP contribution in [0.2, 0.25) is 0 Å². The maximum Gasteiger partial charge on any atom is 3.00 e. The van der Waals surface area contributed by atoms with Gasteiger partial charge < -0.3 is 43.9 Å². The van der Waals surface area contributed by atoms with Crippen LogP contribution in [0.15, 0.2) is 109 Å². The van der Waals surface area contributed by atoms with E-state index in [9.17, 15) is 29.7 Å². The van der Waals surface area contributed by atoms with Crippen molar-refractivity contribution in [1.29, 1.82) is 0 Å². The maximum absolute atomic E-state index is 11.0. The number of carbonyl (C=O) groups is 3. The van der Waals surface area contributed by atoms with E-state index in [-0.39, 0.29) is 17.4 Å². The molecule has 0 spiro atoms. The van der Waals surface area contributed by atoms with Crippen molar-refractivity contribution in [1.82, 2.24) is 0 Å². The van der Waals surface area contributed by atoms with E-state index >= 15 is 0 Å². The van der Waals surface area contributed by atoms with Gasteiger partial charge in [-0.3, -0.25) is 0 Å². The number of fused-ring (bicyclic) bond motifs is 3. The largest absolute Gasteiger partial charge is 3.00 e. The summed E-state index contributed by atoms with van der Waals surface area (Å²) in [5, 5.41) is 38.3. The van der Waals surface area contributed by atoms with Crippen LogP contribution < -0.4 is 29.5 Å². The normalized spacial score (nSPS) is 12.1. The summed E-state index contributed by atoms with van der Waals surface area (Å²) < 4.78 is 15.8. The number of rotatable bonds is 9. The van der Waals surface area contributed by atoms with Crippen molar-refractivity contribution in [2.24, 2.45) is 0 Å². The van der Waals surface area contributed by atoms with Crippen LogP contribution in [-0.4, -0.2) is 56.6 Å². The molecule has 0 aliphatic rings. The minimum Gasteiger partial charge on any atom is -0.550 e. The molecule has 9 nitrogen and oxygen atoms in total. The Morgan fingerprint density at radius 1 is 0.404 bits per heavy atom. The van der Waals surface area contributed by atoms with Crippen molar-refractivity contribution < 1.29 is 43.9 Å². The average Bonchev–Trinajstić information content (AvgIpc) is 3.16. The van der Waals surface area contributed by atoms with Crippen LogP contribution >= 0.6 is 0 Å². The third-order valence-electron chi connectivity index (χ3n) is 8.87. The van der Waals surface area contributed by atoms with Gasteiger partial charge in [-0.1, -0.05) is 112 Å². The molecular weight excluding hydrogens is 675 g/mol. The Kier molecular flexibility index (Phi) is 14.6. The second-order valence-electron chi connectivity index (χ2n) is 11.8. The summed E-state index contributed by atoms with van der Waals surface area (Å²) in [4.78, 5) is 32.9. The summed E-state index contributed by atoms with van der Waals surface area (Å²) in [7, 11) is 4.80. The molecule has 0 amide bonds. The van der Waals surface area contributed by atoms with Crippen LogP contribution in [0.3, 0.4) is 0 Å². The van der Waals surface area contributed by atoms with Gasteiger partial charge in [0.2, 0.25) is 0 Å². The number of carboxylic acids is 3. The predicted molar refractivity (Wildman–Crippen MR) is 198 cm³/mol. The number of carboxylic acid groups (broad SMARTS) is 3.